The number of thioether (sulfide) groups is 1. The molecule has 26 heavy (non-hydrogen) atoms. The average Bonchev–Trinajstić information content (AvgIpc) is 2.64. The summed E-state index contributed by atoms with van der Waals surface area (Å²) < 4.78 is 42.7. The van der Waals surface area contributed by atoms with Crippen LogP contribution < -0.4 is 0 Å². The lowest BCUT2D eigenvalue weighted by atomic mass is 9.94. The summed E-state index contributed by atoms with van der Waals surface area (Å²) in [6.07, 6.45) is -1.51. The Labute approximate surface area is 155 Å². The molecule has 0 bridgehead atoms. The van der Waals surface area contributed by atoms with E-state index in [0.29, 0.717) is 18.7 Å². The highest BCUT2D eigenvalue weighted by Crippen LogP contribution is 2.34. The van der Waals surface area contributed by atoms with Gasteiger partial charge in [0.25, 0.3) is 0 Å². The molecule has 1 aliphatic heterocycles. The Morgan fingerprint density at radius 1 is 1.23 bits per heavy atom. The van der Waals surface area contributed by atoms with Gasteiger partial charge in [-0.1, -0.05) is 12.1 Å². The number of esters is 1. The summed E-state index contributed by atoms with van der Waals surface area (Å²) in [4.78, 5) is 25.4. The molecule has 1 heterocycles. The Kier molecular flexibility index (Phi) is 7.37. The van der Waals surface area contributed by atoms with Crippen LogP contribution in [0.1, 0.15) is 42.9 Å². The van der Waals surface area contributed by atoms with Crippen molar-refractivity contribution in [2.45, 2.75) is 37.9 Å². The molecule has 1 saturated heterocycles. The highest BCUT2D eigenvalue weighted by atomic mass is 32.2. The van der Waals surface area contributed by atoms with E-state index in [-0.39, 0.29) is 23.7 Å². The van der Waals surface area contributed by atoms with Crippen LogP contribution in [0, 0.1) is 0 Å². The molecule has 0 N–H and O–H groups in total. The van der Waals surface area contributed by atoms with Crippen LogP contribution in [0.5, 0.6) is 0 Å². The normalized spacial score (nSPS) is 17.8. The molecule has 0 aromatic heterocycles. The third-order valence-electron chi connectivity index (χ3n) is 4.35. The van der Waals surface area contributed by atoms with Crippen molar-refractivity contribution in [2.24, 2.45) is 0 Å². The fourth-order valence-electron chi connectivity index (χ4n) is 2.99. The predicted molar refractivity (Wildman–Crippen MR) is 93.7 cm³/mol. The number of ether oxygens (including phenoxy) is 1. The van der Waals surface area contributed by atoms with Gasteiger partial charge in [0.2, 0.25) is 5.91 Å². The number of carbonyl (C=O) groups is 2. The van der Waals surface area contributed by atoms with Gasteiger partial charge in [0.15, 0.2) is 0 Å². The number of carbonyl (C=O) groups excluding carboxylic acids is 2. The van der Waals surface area contributed by atoms with Crippen LogP contribution in [0.25, 0.3) is 0 Å². The molecule has 0 aliphatic carbocycles. The lowest BCUT2D eigenvalue weighted by molar-refractivity contribution is -0.138. The zero-order valence-electron chi connectivity index (χ0n) is 14.6. The van der Waals surface area contributed by atoms with Crippen LogP contribution in [0.15, 0.2) is 24.3 Å². The summed E-state index contributed by atoms with van der Waals surface area (Å²) in [6.45, 7) is 0.603. The fraction of sp³-hybridized carbons (Fsp3) is 0.556. The smallest absolute Gasteiger partial charge is 0.416 e. The van der Waals surface area contributed by atoms with Crippen molar-refractivity contribution in [3.63, 3.8) is 0 Å². The molecule has 1 unspecified atom stereocenters. The molecule has 0 radical (unpaired) electrons. The standard InChI is InChI=1S/C18H22F3NO3S/c1-25-17(24)12-26-11-9-16(23)22-10-3-2-4-15(22)13-5-7-14(8-6-13)18(19,20)21/h5-8,15H,2-4,9-12H2,1H3. The van der Waals surface area contributed by atoms with Crippen molar-refractivity contribution in [3.8, 4) is 0 Å². The van der Waals surface area contributed by atoms with Gasteiger partial charge in [-0.15, -0.1) is 11.8 Å². The molecule has 0 spiro atoms. The number of hydrogen-bond acceptors (Lipinski definition) is 4. The van der Waals surface area contributed by atoms with Crippen molar-refractivity contribution < 1.29 is 27.5 Å². The predicted octanol–water partition coefficient (Wildman–Crippen LogP) is 4.06. The SMILES string of the molecule is COC(=O)CSCCC(=O)N1CCCCC1c1ccc(C(F)(F)F)cc1. The second-order valence-electron chi connectivity index (χ2n) is 6.10. The topological polar surface area (TPSA) is 46.6 Å². The van der Waals surface area contributed by atoms with Gasteiger partial charge in [0, 0.05) is 18.7 Å². The number of benzene rings is 1. The van der Waals surface area contributed by atoms with Crippen molar-refractivity contribution in [3.05, 3.63) is 35.4 Å². The number of hydrogen-bond donors (Lipinski definition) is 0. The zero-order valence-corrected chi connectivity index (χ0v) is 15.4. The van der Waals surface area contributed by atoms with E-state index in [1.54, 1.807) is 4.90 Å². The Balaban J connectivity index is 1.98. The minimum absolute atomic E-state index is 0.0352. The first-order chi connectivity index (χ1) is 12.3. The van der Waals surface area contributed by atoms with Crippen LogP contribution in [0.4, 0.5) is 13.2 Å². The fourth-order valence-corrected chi connectivity index (χ4v) is 3.74. The number of rotatable bonds is 6. The van der Waals surface area contributed by atoms with E-state index in [4.69, 9.17) is 0 Å². The maximum atomic E-state index is 12.7. The van der Waals surface area contributed by atoms with E-state index < -0.39 is 11.7 Å². The number of piperidine rings is 1. The van der Waals surface area contributed by atoms with Gasteiger partial charge in [0.1, 0.15) is 0 Å². The summed E-state index contributed by atoms with van der Waals surface area (Å²) in [5.41, 5.74) is 0.0439. The number of nitrogens with zero attached hydrogens (tertiary/aromatic N) is 1. The third-order valence-corrected chi connectivity index (χ3v) is 5.29. The van der Waals surface area contributed by atoms with E-state index in [2.05, 4.69) is 4.74 Å². The van der Waals surface area contributed by atoms with Crippen molar-refractivity contribution in [2.75, 3.05) is 25.2 Å². The van der Waals surface area contributed by atoms with E-state index in [9.17, 15) is 22.8 Å². The highest BCUT2D eigenvalue weighted by molar-refractivity contribution is 7.99. The van der Waals surface area contributed by atoms with Gasteiger partial charge in [-0.05, 0) is 37.0 Å². The number of alkyl halides is 3. The number of methoxy groups -OCH3 is 1. The minimum Gasteiger partial charge on any atom is -0.468 e. The van der Waals surface area contributed by atoms with E-state index in [0.717, 1.165) is 37.0 Å². The van der Waals surface area contributed by atoms with Crippen molar-refractivity contribution in [1.82, 2.24) is 4.90 Å². The van der Waals surface area contributed by atoms with Crippen molar-refractivity contribution >= 4 is 23.6 Å². The first-order valence-corrected chi connectivity index (χ1v) is 9.59. The molecular formula is C18H22F3NO3S. The monoisotopic (exact) mass is 389 g/mol. The molecule has 1 amide bonds. The average molecular weight is 389 g/mol. The summed E-state index contributed by atoms with van der Waals surface area (Å²) in [5.74, 6) is 0.339. The summed E-state index contributed by atoms with van der Waals surface area (Å²) >= 11 is 1.33. The Morgan fingerprint density at radius 2 is 1.92 bits per heavy atom. The molecule has 2 rings (SSSR count). The van der Waals surface area contributed by atoms with Crippen LogP contribution in [0.2, 0.25) is 0 Å². The molecule has 144 valence electrons. The van der Waals surface area contributed by atoms with Crippen LogP contribution in [-0.4, -0.2) is 41.9 Å². The van der Waals surface area contributed by atoms with E-state index >= 15 is 0 Å². The summed E-state index contributed by atoms with van der Waals surface area (Å²) in [7, 11) is 1.32. The third kappa shape index (κ3) is 5.65. The van der Waals surface area contributed by atoms with Crippen LogP contribution >= 0.6 is 11.8 Å². The second kappa shape index (κ2) is 9.30. The van der Waals surface area contributed by atoms with Gasteiger partial charge in [-0.2, -0.15) is 13.2 Å². The molecule has 1 aromatic carbocycles. The summed E-state index contributed by atoms with van der Waals surface area (Å²) in [5, 5.41) is 0. The van der Waals surface area contributed by atoms with Gasteiger partial charge < -0.3 is 9.64 Å². The molecule has 1 atom stereocenters. The Hall–Kier alpha value is -1.70. The van der Waals surface area contributed by atoms with Gasteiger partial charge in [-0.3, -0.25) is 9.59 Å². The molecule has 1 aliphatic rings. The number of likely N-dealkylation sites (tertiary alicyclic amines) is 1. The van der Waals surface area contributed by atoms with Crippen molar-refractivity contribution in [1.29, 1.82) is 0 Å². The summed E-state index contributed by atoms with van der Waals surface area (Å²) in [6, 6.07) is 4.87. The van der Waals surface area contributed by atoms with Crippen LogP contribution in [-0.2, 0) is 20.5 Å². The van der Waals surface area contributed by atoms with E-state index in [1.165, 1.54) is 31.0 Å². The van der Waals surface area contributed by atoms with Crippen LogP contribution in [0.3, 0.4) is 0 Å². The maximum Gasteiger partial charge on any atom is 0.416 e. The Morgan fingerprint density at radius 3 is 2.54 bits per heavy atom. The second-order valence-corrected chi connectivity index (χ2v) is 7.20. The number of amides is 1. The highest BCUT2D eigenvalue weighted by Gasteiger charge is 2.32. The molecule has 4 nitrogen and oxygen atoms in total. The van der Waals surface area contributed by atoms with E-state index in [1.807, 2.05) is 0 Å². The van der Waals surface area contributed by atoms with Gasteiger partial charge in [-0.25, -0.2) is 0 Å². The molecule has 1 fully saturated rings. The van der Waals surface area contributed by atoms with Gasteiger partial charge in [0.05, 0.1) is 24.5 Å². The minimum atomic E-state index is -4.36. The molecule has 8 heteroatoms. The molecule has 0 saturated carbocycles. The Bertz CT molecular complexity index is 619. The lowest BCUT2D eigenvalue weighted by Crippen LogP contribution is -2.38. The quantitative estimate of drug-likeness (QED) is 0.544. The molecule has 1 aromatic rings. The maximum absolute atomic E-state index is 12.7. The molecular weight excluding hydrogens is 367 g/mol. The first kappa shape index (κ1) is 20.6. The first-order valence-electron chi connectivity index (χ1n) is 8.44. The zero-order chi connectivity index (χ0) is 19.2. The number of halogens is 3. The van der Waals surface area contributed by atoms with Gasteiger partial charge >= 0.3 is 12.1 Å². The lowest BCUT2D eigenvalue weighted by Gasteiger charge is -2.36. The largest absolute Gasteiger partial charge is 0.468 e.